The summed E-state index contributed by atoms with van der Waals surface area (Å²) >= 11 is 17.5. The van der Waals surface area contributed by atoms with Gasteiger partial charge >= 0.3 is 0 Å². The van der Waals surface area contributed by atoms with Gasteiger partial charge in [-0.1, -0.05) is 35.3 Å². The Bertz CT molecular complexity index is 1630. The molecular weight excluding hydrogens is 591 g/mol. The molecule has 1 aliphatic heterocycles. The monoisotopic (exact) mass is 618 g/mol. The lowest BCUT2D eigenvalue weighted by atomic mass is 10.1. The van der Waals surface area contributed by atoms with E-state index in [9.17, 15) is 9.59 Å². The number of anilines is 2. The van der Waals surface area contributed by atoms with Gasteiger partial charge in [0.15, 0.2) is 5.11 Å². The van der Waals surface area contributed by atoms with Crippen LogP contribution in [0.4, 0.5) is 11.4 Å². The van der Waals surface area contributed by atoms with E-state index < -0.39 is 0 Å². The Balaban J connectivity index is 1.08. The number of hydrogen-bond acceptors (Lipinski definition) is 5. The van der Waals surface area contributed by atoms with Crippen molar-refractivity contribution in [2.24, 2.45) is 0 Å². The maximum absolute atomic E-state index is 12.8. The highest BCUT2D eigenvalue weighted by atomic mass is 35.5. The first-order valence-electron chi connectivity index (χ1n) is 13.3. The average molecular weight is 620 g/mol. The first-order chi connectivity index (χ1) is 20.2. The summed E-state index contributed by atoms with van der Waals surface area (Å²) in [6, 6.07) is 24.1. The number of benzene rings is 3. The van der Waals surface area contributed by atoms with Crippen molar-refractivity contribution in [1.82, 2.24) is 10.2 Å². The van der Waals surface area contributed by atoms with Crippen LogP contribution in [0.15, 0.2) is 89.4 Å². The molecule has 1 saturated heterocycles. The van der Waals surface area contributed by atoms with Gasteiger partial charge in [0.1, 0.15) is 11.5 Å². The number of piperazine rings is 1. The van der Waals surface area contributed by atoms with Crippen LogP contribution in [0.25, 0.3) is 17.4 Å². The van der Waals surface area contributed by atoms with E-state index in [1.807, 2.05) is 60.4 Å². The third-order valence-corrected chi connectivity index (χ3v) is 7.73. The zero-order valence-electron chi connectivity index (χ0n) is 22.8. The van der Waals surface area contributed by atoms with Gasteiger partial charge in [-0.05, 0) is 97.5 Å². The van der Waals surface area contributed by atoms with Gasteiger partial charge in [-0.3, -0.25) is 14.9 Å². The fourth-order valence-electron chi connectivity index (χ4n) is 4.52. The minimum atomic E-state index is -0.383. The van der Waals surface area contributed by atoms with E-state index in [0.717, 1.165) is 35.6 Å². The summed E-state index contributed by atoms with van der Waals surface area (Å²) in [5, 5.41) is 7.13. The summed E-state index contributed by atoms with van der Waals surface area (Å²) in [5.74, 6) is 0.816. The van der Waals surface area contributed by atoms with Gasteiger partial charge in [0, 0.05) is 64.8 Å². The van der Waals surface area contributed by atoms with Gasteiger partial charge in [0.2, 0.25) is 5.91 Å². The van der Waals surface area contributed by atoms with Crippen molar-refractivity contribution in [3.63, 3.8) is 0 Å². The summed E-state index contributed by atoms with van der Waals surface area (Å²) in [6.07, 6.45) is 2.94. The van der Waals surface area contributed by atoms with Crippen LogP contribution in [0, 0.1) is 6.92 Å². The number of nitrogens with one attached hydrogen (secondary N) is 2. The molecule has 2 heterocycles. The third kappa shape index (κ3) is 7.39. The minimum absolute atomic E-state index is 0.0118. The normalized spacial score (nSPS) is 13.3. The average Bonchev–Trinajstić information content (AvgIpc) is 3.47. The molecule has 0 saturated carbocycles. The lowest BCUT2D eigenvalue weighted by Gasteiger charge is -2.36. The van der Waals surface area contributed by atoms with Crippen LogP contribution in [0.3, 0.4) is 0 Å². The number of rotatable bonds is 6. The standard InChI is InChI=1S/C32H28Cl2N4O3S/c1-21-2-3-23(20-28(21)34)29-14-12-27(41-29)13-15-30(39)36-32(42)35-25-8-10-26(11-9-25)37-16-18-38(19-17-37)31(40)22-4-6-24(33)7-5-22/h2-15,20H,16-19H2,1H3,(H2,35,36,39,42)/b15-13+. The third-order valence-electron chi connectivity index (χ3n) is 6.87. The molecule has 4 aromatic rings. The zero-order chi connectivity index (χ0) is 29.6. The quantitative estimate of drug-likeness (QED) is 0.178. The van der Waals surface area contributed by atoms with E-state index in [4.69, 9.17) is 39.8 Å². The molecule has 1 fully saturated rings. The van der Waals surface area contributed by atoms with Crippen molar-refractivity contribution < 1.29 is 14.0 Å². The van der Waals surface area contributed by atoms with E-state index in [1.165, 1.54) is 6.08 Å². The highest BCUT2D eigenvalue weighted by Crippen LogP contribution is 2.27. The van der Waals surface area contributed by atoms with Crippen LogP contribution < -0.4 is 15.5 Å². The van der Waals surface area contributed by atoms with E-state index >= 15 is 0 Å². The van der Waals surface area contributed by atoms with Crippen molar-refractivity contribution in [3.8, 4) is 11.3 Å². The van der Waals surface area contributed by atoms with Gasteiger partial charge in [0.25, 0.3) is 5.91 Å². The molecule has 1 aliphatic rings. The topological polar surface area (TPSA) is 77.8 Å². The molecule has 0 spiro atoms. The SMILES string of the molecule is Cc1ccc(-c2ccc(/C=C/C(=O)NC(=S)Nc3ccc(N4CCN(C(=O)c5ccc(Cl)cc5)CC4)cc3)o2)cc1Cl. The lowest BCUT2D eigenvalue weighted by Crippen LogP contribution is -2.48. The van der Waals surface area contributed by atoms with Crippen LogP contribution in [0.5, 0.6) is 0 Å². The Hall–Kier alpha value is -4.11. The summed E-state index contributed by atoms with van der Waals surface area (Å²) in [4.78, 5) is 29.2. The van der Waals surface area contributed by atoms with Crippen LogP contribution >= 0.6 is 35.4 Å². The predicted molar refractivity (Wildman–Crippen MR) is 173 cm³/mol. The van der Waals surface area contributed by atoms with Crippen molar-refractivity contribution >= 4 is 69.8 Å². The first kappa shape index (κ1) is 29.4. The molecule has 42 heavy (non-hydrogen) atoms. The second-order valence-electron chi connectivity index (χ2n) is 9.78. The molecule has 1 aromatic heterocycles. The van der Waals surface area contributed by atoms with Gasteiger partial charge in [-0.2, -0.15) is 0 Å². The maximum Gasteiger partial charge on any atom is 0.253 e. The smallest absolute Gasteiger partial charge is 0.253 e. The van der Waals surface area contributed by atoms with Gasteiger partial charge in [-0.15, -0.1) is 0 Å². The Labute approximate surface area is 259 Å². The minimum Gasteiger partial charge on any atom is -0.457 e. The molecule has 3 aromatic carbocycles. The Morgan fingerprint density at radius 1 is 0.905 bits per heavy atom. The van der Waals surface area contributed by atoms with Crippen LogP contribution in [-0.4, -0.2) is 48.0 Å². The van der Waals surface area contributed by atoms with Crippen molar-refractivity contribution in [3.05, 3.63) is 112 Å². The summed E-state index contributed by atoms with van der Waals surface area (Å²) in [7, 11) is 0. The lowest BCUT2D eigenvalue weighted by molar-refractivity contribution is -0.115. The van der Waals surface area contributed by atoms with Crippen molar-refractivity contribution in [2.75, 3.05) is 36.4 Å². The van der Waals surface area contributed by atoms with Crippen molar-refractivity contribution in [1.29, 1.82) is 0 Å². The molecule has 2 N–H and O–H groups in total. The Kier molecular flexibility index (Phi) is 9.27. The molecule has 0 radical (unpaired) electrons. The molecule has 0 aliphatic carbocycles. The first-order valence-corrected chi connectivity index (χ1v) is 14.5. The largest absolute Gasteiger partial charge is 0.457 e. The number of aryl methyl sites for hydroxylation is 1. The van der Waals surface area contributed by atoms with E-state index in [1.54, 1.807) is 36.4 Å². The fourth-order valence-corrected chi connectivity index (χ4v) is 5.04. The van der Waals surface area contributed by atoms with Crippen molar-refractivity contribution in [2.45, 2.75) is 6.92 Å². The zero-order valence-corrected chi connectivity index (χ0v) is 25.1. The number of hydrogen-bond donors (Lipinski definition) is 2. The molecule has 0 atom stereocenters. The Morgan fingerprint density at radius 2 is 1.62 bits per heavy atom. The van der Waals surface area contributed by atoms with Gasteiger partial charge in [-0.25, -0.2) is 0 Å². The number of amides is 2. The molecule has 2 amide bonds. The number of carbonyl (C=O) groups is 2. The summed E-state index contributed by atoms with van der Waals surface area (Å²) < 4.78 is 5.82. The molecular formula is C32H28Cl2N4O3S. The summed E-state index contributed by atoms with van der Waals surface area (Å²) in [5.41, 5.74) is 4.28. The van der Waals surface area contributed by atoms with E-state index in [0.29, 0.717) is 40.2 Å². The predicted octanol–water partition coefficient (Wildman–Crippen LogP) is 7.05. The number of nitrogens with zero attached hydrogens (tertiary/aromatic N) is 2. The molecule has 7 nitrogen and oxygen atoms in total. The molecule has 5 rings (SSSR count). The second-order valence-corrected chi connectivity index (χ2v) is 11.0. The molecule has 0 bridgehead atoms. The van der Waals surface area contributed by atoms with Crippen LogP contribution in [0.2, 0.25) is 10.0 Å². The molecule has 214 valence electrons. The van der Waals surface area contributed by atoms with Gasteiger partial charge in [0.05, 0.1) is 0 Å². The Morgan fingerprint density at radius 3 is 2.31 bits per heavy atom. The van der Waals surface area contributed by atoms with Gasteiger partial charge < -0.3 is 19.5 Å². The summed E-state index contributed by atoms with van der Waals surface area (Å²) in [6.45, 7) is 4.65. The second kappa shape index (κ2) is 13.2. The molecule has 10 heteroatoms. The van der Waals surface area contributed by atoms with Crippen LogP contribution in [-0.2, 0) is 4.79 Å². The molecule has 0 unspecified atom stereocenters. The number of halogens is 2. The van der Waals surface area contributed by atoms with E-state index in [-0.39, 0.29) is 16.9 Å². The van der Waals surface area contributed by atoms with Crippen LogP contribution in [0.1, 0.15) is 21.7 Å². The highest BCUT2D eigenvalue weighted by Gasteiger charge is 2.22. The number of carbonyl (C=O) groups excluding carboxylic acids is 2. The highest BCUT2D eigenvalue weighted by molar-refractivity contribution is 7.80. The van der Waals surface area contributed by atoms with E-state index in [2.05, 4.69) is 15.5 Å². The maximum atomic E-state index is 12.8. The number of furan rings is 1. The number of thiocarbonyl (C=S) groups is 1. The fraction of sp³-hybridized carbons (Fsp3) is 0.156.